The van der Waals surface area contributed by atoms with Gasteiger partial charge in [0.2, 0.25) is 0 Å². The average Bonchev–Trinajstić information content (AvgIpc) is 3.77. The molecule has 0 saturated heterocycles. The first-order valence-electron chi connectivity index (χ1n) is 16.9. The van der Waals surface area contributed by atoms with Crippen molar-refractivity contribution in [3.8, 4) is 0 Å². The van der Waals surface area contributed by atoms with Crippen LogP contribution in [-0.2, 0) is 55.7 Å². The van der Waals surface area contributed by atoms with Gasteiger partial charge in [-0.25, -0.2) is 0 Å². The second-order valence-electron chi connectivity index (χ2n) is 13.8. The minimum atomic E-state index is 0. The van der Waals surface area contributed by atoms with Crippen molar-refractivity contribution in [1.82, 2.24) is 0 Å². The van der Waals surface area contributed by atoms with Crippen LogP contribution in [0.2, 0.25) is 0 Å². The molecule has 0 heterocycles. The van der Waals surface area contributed by atoms with Crippen LogP contribution < -0.4 is 37.2 Å². The van der Waals surface area contributed by atoms with Crippen molar-refractivity contribution in [2.75, 3.05) is 58.5 Å². The topological polar surface area (TPSA) is 0 Å². The van der Waals surface area contributed by atoms with E-state index in [-0.39, 0.29) is 92.9 Å². The molecule has 0 nitrogen and oxygen atoms in total. The summed E-state index contributed by atoms with van der Waals surface area (Å²) in [6.45, 7) is 27.0. The van der Waals surface area contributed by atoms with Crippen molar-refractivity contribution in [3.63, 3.8) is 0 Å². The molecule has 0 spiro atoms. The molecule has 0 N–H and O–H groups in total. The fourth-order valence-electron chi connectivity index (χ4n) is 5.11. The fraction of sp³-hybridized carbons (Fsp3) is 0.333. The quantitative estimate of drug-likeness (QED) is 0.149. The number of fused-ring (bicyclic) bond motifs is 3. The molecule has 6 aromatic rings. The molecule has 0 aromatic heterocycles. The van der Waals surface area contributed by atoms with Crippen molar-refractivity contribution < 1.29 is 92.9 Å². The van der Waals surface area contributed by atoms with Crippen LogP contribution in [0.3, 0.4) is 0 Å². The zero-order valence-electron chi connectivity index (χ0n) is 34.6. The molecule has 0 fully saturated rings. The predicted octanol–water partition coefficient (Wildman–Crippen LogP) is 5.71. The molecule has 0 atom stereocenters. The zero-order chi connectivity index (χ0) is 35.9. The standard InChI is InChI=1S/3C9H7.3C6H14P.3ClH.3V/c3*1-2-5-9-7-3-6-8(9)4-1;3*1-6(2)5-7(3)4;;;;;;/h3*1-7H;3*5H2,1-4H3;3*1H;;;/q6*-1;;;;3*+2/p-3. The molecule has 0 saturated carbocycles. The maximum atomic E-state index is 2.31. The summed E-state index contributed by atoms with van der Waals surface area (Å²) in [4.78, 5) is 0. The Hall–Kier alpha value is 0.403. The first kappa shape index (κ1) is 66.2. The van der Waals surface area contributed by atoms with Gasteiger partial charge in [0.05, 0.1) is 0 Å². The Kier molecular flexibility index (Phi) is 49.3. The Morgan fingerprint density at radius 1 is 0.370 bits per heavy atom. The van der Waals surface area contributed by atoms with Gasteiger partial charge in [-0.2, -0.15) is 113 Å². The van der Waals surface area contributed by atoms with Crippen molar-refractivity contribution >= 4 is 56.1 Å². The van der Waals surface area contributed by atoms with Crippen LogP contribution in [0.25, 0.3) is 32.3 Å². The van der Waals surface area contributed by atoms with E-state index >= 15 is 0 Å². The SMILES string of the molecule is C[C-](C)CP(C)C.C[C-](C)CP(C)C.C[C-](C)CP(C)C.[Cl-].[Cl-].[Cl-].[V+2].[V+2].[V+2].c1ccc2[cH-]ccc2c1.c1ccc2[cH-]ccc2c1.c1ccc2[cH-]ccc2c1. The summed E-state index contributed by atoms with van der Waals surface area (Å²) in [6.07, 6.45) is 4.03. The Labute approximate surface area is 390 Å². The van der Waals surface area contributed by atoms with Gasteiger partial charge in [0.15, 0.2) is 0 Å². The van der Waals surface area contributed by atoms with Crippen LogP contribution in [-0.4, -0.2) is 58.5 Å². The van der Waals surface area contributed by atoms with Crippen LogP contribution in [0.1, 0.15) is 41.5 Å². The molecule has 297 valence electrons. The van der Waals surface area contributed by atoms with Gasteiger partial charge in [0.25, 0.3) is 0 Å². The van der Waals surface area contributed by atoms with Gasteiger partial charge in [-0.1, -0.05) is 18.2 Å². The summed E-state index contributed by atoms with van der Waals surface area (Å²) in [6, 6.07) is 44.0. The third kappa shape index (κ3) is 34.4. The van der Waals surface area contributed by atoms with Gasteiger partial charge < -0.3 is 55.0 Å². The van der Waals surface area contributed by atoms with E-state index in [0.29, 0.717) is 23.8 Å². The summed E-state index contributed by atoms with van der Waals surface area (Å²) in [5.41, 5.74) is 0. The van der Waals surface area contributed by atoms with Crippen molar-refractivity contribution in [3.05, 3.63) is 145 Å². The molecular formula is C45H63Cl3P3V3-3. The molecule has 0 aliphatic heterocycles. The normalized spacial score (nSPS) is 9.44. The van der Waals surface area contributed by atoms with Crippen molar-refractivity contribution in [1.29, 1.82) is 0 Å². The molecule has 54 heavy (non-hydrogen) atoms. The van der Waals surface area contributed by atoms with Crippen LogP contribution in [0, 0.1) is 17.8 Å². The Balaban J connectivity index is -0.000000126. The van der Waals surface area contributed by atoms with E-state index in [0.717, 1.165) is 0 Å². The Bertz CT molecular complexity index is 1310. The smallest absolute Gasteiger partial charge is 1.00 e. The summed E-state index contributed by atoms with van der Waals surface area (Å²) >= 11 is 0. The van der Waals surface area contributed by atoms with Crippen LogP contribution in [0.5, 0.6) is 0 Å². The molecule has 6 rings (SSSR count). The van der Waals surface area contributed by atoms with E-state index in [4.69, 9.17) is 0 Å². The first-order valence-corrected chi connectivity index (χ1v) is 24.2. The minimum Gasteiger partial charge on any atom is -1.00 e. The molecule has 0 unspecified atom stereocenters. The number of halogens is 3. The summed E-state index contributed by atoms with van der Waals surface area (Å²) in [5, 5.41) is 7.99. The molecule has 3 radical (unpaired) electrons. The third-order valence-electron chi connectivity index (χ3n) is 6.54. The first-order chi connectivity index (χ1) is 22.8. The van der Waals surface area contributed by atoms with Crippen molar-refractivity contribution in [2.24, 2.45) is 0 Å². The van der Waals surface area contributed by atoms with E-state index in [1.165, 1.54) is 50.8 Å². The predicted molar refractivity (Wildman–Crippen MR) is 233 cm³/mol. The number of hydrogen-bond acceptors (Lipinski definition) is 0. The van der Waals surface area contributed by atoms with Gasteiger partial charge in [0, 0.05) is 0 Å². The Morgan fingerprint density at radius 3 is 0.722 bits per heavy atom. The van der Waals surface area contributed by atoms with Crippen LogP contribution in [0.4, 0.5) is 0 Å². The maximum Gasteiger partial charge on any atom is 2.00 e. The third-order valence-corrected chi connectivity index (χ3v) is 10.3. The molecule has 6 aromatic carbocycles. The van der Waals surface area contributed by atoms with E-state index in [9.17, 15) is 0 Å². The summed E-state index contributed by atoms with van der Waals surface area (Å²) < 4.78 is 0. The molecule has 0 aliphatic carbocycles. The Morgan fingerprint density at radius 2 is 0.574 bits per heavy atom. The van der Waals surface area contributed by atoms with E-state index in [1.807, 2.05) is 0 Å². The number of hydrogen-bond donors (Lipinski definition) is 0. The average molecular weight is 956 g/mol. The second kappa shape index (κ2) is 40.2. The number of benzene rings is 3. The zero-order valence-corrected chi connectivity index (χ0v) is 43.7. The maximum absolute atomic E-state index is 2.31. The monoisotopic (exact) mass is 954 g/mol. The van der Waals surface area contributed by atoms with Gasteiger partial charge in [0.1, 0.15) is 0 Å². The minimum absolute atomic E-state index is 0. The molecule has 0 bridgehead atoms. The number of rotatable bonds is 6. The van der Waals surface area contributed by atoms with Crippen molar-refractivity contribution in [2.45, 2.75) is 41.5 Å². The van der Waals surface area contributed by atoms with Crippen LogP contribution in [0.15, 0.2) is 127 Å². The molecular weight excluding hydrogens is 893 g/mol. The molecule has 0 amide bonds. The molecule has 9 heteroatoms. The van der Waals surface area contributed by atoms with Gasteiger partial charge in [-0.3, -0.25) is 0 Å². The second-order valence-corrected chi connectivity index (χ2v) is 21.2. The fourth-order valence-corrected chi connectivity index (χ4v) is 8.90. The van der Waals surface area contributed by atoms with E-state index in [2.05, 4.69) is 209 Å². The van der Waals surface area contributed by atoms with Gasteiger partial charge >= 0.3 is 55.7 Å². The van der Waals surface area contributed by atoms with E-state index < -0.39 is 0 Å². The summed E-state index contributed by atoms with van der Waals surface area (Å²) in [7, 11) is 0.969. The largest absolute Gasteiger partial charge is 2.00 e. The van der Waals surface area contributed by atoms with Gasteiger partial charge in [-0.05, 0) is 40.0 Å². The summed E-state index contributed by atoms with van der Waals surface area (Å²) in [5.74, 6) is 4.70. The van der Waals surface area contributed by atoms with Crippen LogP contribution >= 0.6 is 23.8 Å². The van der Waals surface area contributed by atoms with Gasteiger partial charge in [-0.15, -0.1) is 113 Å². The molecule has 0 aliphatic rings. The van der Waals surface area contributed by atoms with E-state index in [1.54, 1.807) is 17.8 Å².